The molecule has 186 valence electrons. The molecular weight excluding hydrogens is 442 g/mol. The van der Waals surface area contributed by atoms with Gasteiger partial charge in [-0.2, -0.15) is 0 Å². The van der Waals surface area contributed by atoms with Crippen LogP contribution < -0.4 is 20.1 Å². The number of anilines is 1. The molecule has 0 atom stereocenters. The molecule has 35 heavy (non-hydrogen) atoms. The summed E-state index contributed by atoms with van der Waals surface area (Å²) in [6.07, 6.45) is 2.89. The Hall–Kier alpha value is -3.48. The minimum absolute atomic E-state index is 0. The third-order valence-electron chi connectivity index (χ3n) is 7.10. The number of rotatable bonds is 7. The first-order valence-electron chi connectivity index (χ1n) is 12.3. The summed E-state index contributed by atoms with van der Waals surface area (Å²) in [6, 6.07) is 14.1. The standard InChI is InChI=1S/C28H33N3O4.H2/c1-27(2,3)24-15-18-14-20(8-9-21(18)31(24)13-5-6-25(32)29-4)30-26(33)28(11-12-28)19-7-10-22-23(16-19)35-17-34-22;/h7-10,14-16H,5-6,11-13,17H2,1-4H3,(H,29,32)(H,30,33);1H. The average Bonchev–Trinajstić information content (AvgIpc) is 3.36. The number of benzene rings is 2. The second-order valence-corrected chi connectivity index (χ2v) is 10.6. The summed E-state index contributed by atoms with van der Waals surface area (Å²) in [5.41, 5.74) is 3.52. The Morgan fingerprint density at radius 3 is 2.54 bits per heavy atom. The molecule has 1 aliphatic heterocycles. The van der Waals surface area contributed by atoms with Crippen LogP contribution in [0.25, 0.3) is 10.9 Å². The predicted octanol–water partition coefficient (Wildman–Crippen LogP) is 5.11. The normalized spacial score (nSPS) is 15.8. The van der Waals surface area contributed by atoms with E-state index in [1.54, 1.807) is 7.05 Å². The van der Waals surface area contributed by atoms with E-state index < -0.39 is 5.41 Å². The summed E-state index contributed by atoms with van der Waals surface area (Å²) < 4.78 is 13.2. The molecule has 3 aromatic rings. The van der Waals surface area contributed by atoms with E-state index in [-0.39, 0.29) is 25.4 Å². The zero-order valence-electron chi connectivity index (χ0n) is 20.9. The molecule has 0 saturated heterocycles. The van der Waals surface area contributed by atoms with Crippen LogP contribution >= 0.6 is 0 Å². The van der Waals surface area contributed by atoms with Gasteiger partial charge in [0, 0.05) is 49.1 Å². The van der Waals surface area contributed by atoms with Gasteiger partial charge in [-0.1, -0.05) is 26.8 Å². The maximum atomic E-state index is 13.4. The smallest absolute Gasteiger partial charge is 0.235 e. The van der Waals surface area contributed by atoms with Gasteiger partial charge in [0.15, 0.2) is 11.5 Å². The molecule has 0 radical (unpaired) electrons. The van der Waals surface area contributed by atoms with E-state index in [0.29, 0.717) is 12.2 Å². The van der Waals surface area contributed by atoms with Gasteiger partial charge in [-0.15, -0.1) is 0 Å². The molecular formula is C28H35N3O4. The molecule has 0 unspecified atom stereocenters. The highest BCUT2D eigenvalue weighted by molar-refractivity contribution is 6.02. The van der Waals surface area contributed by atoms with Gasteiger partial charge >= 0.3 is 0 Å². The minimum atomic E-state index is -0.516. The lowest BCUT2D eigenvalue weighted by atomic mass is 9.92. The van der Waals surface area contributed by atoms with Gasteiger partial charge < -0.3 is 24.7 Å². The Labute approximate surface area is 207 Å². The van der Waals surface area contributed by atoms with Crippen molar-refractivity contribution in [3.8, 4) is 11.5 Å². The maximum Gasteiger partial charge on any atom is 0.235 e. The van der Waals surface area contributed by atoms with Crippen molar-refractivity contribution in [3.63, 3.8) is 0 Å². The van der Waals surface area contributed by atoms with Crippen LogP contribution in [0.4, 0.5) is 5.69 Å². The number of carbonyl (C=O) groups excluding carboxylic acids is 2. The van der Waals surface area contributed by atoms with Gasteiger partial charge in [0.05, 0.1) is 5.41 Å². The molecule has 2 aromatic carbocycles. The Morgan fingerprint density at radius 1 is 1.06 bits per heavy atom. The molecule has 2 heterocycles. The number of nitrogens with one attached hydrogen (secondary N) is 2. The van der Waals surface area contributed by atoms with Crippen molar-refractivity contribution < 1.29 is 20.5 Å². The monoisotopic (exact) mass is 477 g/mol. The summed E-state index contributed by atoms with van der Waals surface area (Å²) >= 11 is 0. The third kappa shape index (κ3) is 4.35. The lowest BCUT2D eigenvalue weighted by molar-refractivity contribution is -0.121. The highest BCUT2D eigenvalue weighted by Crippen LogP contribution is 2.51. The number of carbonyl (C=O) groups is 2. The van der Waals surface area contributed by atoms with Crippen molar-refractivity contribution in [3.05, 3.63) is 53.7 Å². The SMILES string of the molecule is CNC(=O)CCCn1c(C(C)(C)C)cc2cc(NC(=O)C3(c4ccc5c(c4)OCO5)CC3)ccc21.[HH]. The van der Waals surface area contributed by atoms with Crippen molar-refractivity contribution in [1.82, 2.24) is 9.88 Å². The topological polar surface area (TPSA) is 81.6 Å². The van der Waals surface area contributed by atoms with Crippen molar-refractivity contribution >= 4 is 28.4 Å². The Balaban J connectivity index is 0.00000304. The lowest BCUT2D eigenvalue weighted by Crippen LogP contribution is -2.27. The van der Waals surface area contributed by atoms with Crippen molar-refractivity contribution in [2.75, 3.05) is 19.2 Å². The molecule has 7 heteroatoms. The molecule has 2 N–H and O–H groups in total. The fourth-order valence-electron chi connectivity index (χ4n) is 4.95. The summed E-state index contributed by atoms with van der Waals surface area (Å²) in [6.45, 7) is 7.58. The van der Waals surface area contributed by atoms with Gasteiger partial charge in [-0.25, -0.2) is 0 Å². The van der Waals surface area contributed by atoms with Crippen LogP contribution in [0.2, 0.25) is 0 Å². The van der Waals surface area contributed by atoms with E-state index in [9.17, 15) is 9.59 Å². The number of amides is 2. The second-order valence-electron chi connectivity index (χ2n) is 10.6. The first kappa shape index (κ1) is 23.3. The number of aryl methyl sites for hydroxylation is 1. The predicted molar refractivity (Wildman–Crippen MR) is 138 cm³/mol. The van der Waals surface area contributed by atoms with Gasteiger partial charge in [-0.05, 0) is 61.2 Å². The number of ether oxygens (including phenoxy) is 2. The summed E-state index contributed by atoms with van der Waals surface area (Å²) in [5.74, 6) is 1.50. The van der Waals surface area contributed by atoms with Crippen LogP contribution in [0.15, 0.2) is 42.5 Å². The first-order chi connectivity index (χ1) is 16.7. The highest BCUT2D eigenvalue weighted by atomic mass is 16.7. The first-order valence-corrected chi connectivity index (χ1v) is 12.3. The number of nitrogens with zero attached hydrogens (tertiary/aromatic N) is 1. The highest BCUT2D eigenvalue weighted by Gasteiger charge is 2.51. The van der Waals surface area contributed by atoms with Gasteiger partial charge in [0.1, 0.15) is 0 Å². The molecule has 2 aliphatic rings. The largest absolute Gasteiger partial charge is 0.454 e. The number of fused-ring (bicyclic) bond motifs is 2. The van der Waals surface area contributed by atoms with Crippen LogP contribution in [-0.4, -0.2) is 30.2 Å². The van der Waals surface area contributed by atoms with E-state index in [2.05, 4.69) is 48.1 Å². The van der Waals surface area contributed by atoms with E-state index in [1.165, 1.54) is 5.69 Å². The molecule has 5 rings (SSSR count). The van der Waals surface area contributed by atoms with Crippen LogP contribution in [-0.2, 0) is 27.0 Å². The Bertz CT molecular complexity index is 1300. The van der Waals surface area contributed by atoms with Crippen LogP contribution in [0.5, 0.6) is 11.5 Å². The van der Waals surface area contributed by atoms with E-state index >= 15 is 0 Å². The molecule has 1 aromatic heterocycles. The zero-order valence-corrected chi connectivity index (χ0v) is 20.9. The Morgan fingerprint density at radius 2 is 1.83 bits per heavy atom. The molecule has 7 nitrogen and oxygen atoms in total. The average molecular weight is 478 g/mol. The molecule has 1 aliphatic carbocycles. The van der Waals surface area contributed by atoms with Crippen LogP contribution in [0, 0.1) is 0 Å². The van der Waals surface area contributed by atoms with Gasteiger partial charge in [-0.3, -0.25) is 9.59 Å². The fraction of sp³-hybridized carbons (Fsp3) is 0.429. The third-order valence-corrected chi connectivity index (χ3v) is 7.10. The second kappa shape index (κ2) is 8.63. The number of aromatic nitrogens is 1. The molecule has 1 saturated carbocycles. The van der Waals surface area contributed by atoms with E-state index in [1.807, 2.05) is 30.3 Å². The number of hydrogen-bond acceptors (Lipinski definition) is 4. The number of hydrogen-bond donors (Lipinski definition) is 2. The van der Waals surface area contributed by atoms with Crippen molar-refractivity contribution in [1.29, 1.82) is 0 Å². The quantitative estimate of drug-likeness (QED) is 0.495. The molecule has 0 spiro atoms. The molecule has 2 amide bonds. The summed E-state index contributed by atoms with van der Waals surface area (Å²) in [5, 5.41) is 6.94. The molecule has 1 fully saturated rings. The lowest BCUT2D eigenvalue weighted by Gasteiger charge is -2.22. The summed E-state index contributed by atoms with van der Waals surface area (Å²) in [7, 11) is 1.67. The van der Waals surface area contributed by atoms with Crippen LogP contribution in [0.3, 0.4) is 0 Å². The van der Waals surface area contributed by atoms with Crippen molar-refractivity contribution in [2.24, 2.45) is 0 Å². The van der Waals surface area contributed by atoms with Gasteiger partial charge in [0.25, 0.3) is 0 Å². The molecule has 0 bridgehead atoms. The van der Waals surface area contributed by atoms with E-state index in [4.69, 9.17) is 9.47 Å². The van der Waals surface area contributed by atoms with Crippen molar-refractivity contribution in [2.45, 2.75) is 63.8 Å². The van der Waals surface area contributed by atoms with Gasteiger partial charge in [0.2, 0.25) is 18.6 Å². The zero-order chi connectivity index (χ0) is 24.8. The fourth-order valence-corrected chi connectivity index (χ4v) is 4.95. The summed E-state index contributed by atoms with van der Waals surface area (Å²) in [4.78, 5) is 25.1. The minimum Gasteiger partial charge on any atom is -0.454 e. The maximum absolute atomic E-state index is 13.4. The Kier molecular flexibility index (Phi) is 5.74. The van der Waals surface area contributed by atoms with E-state index in [0.717, 1.165) is 53.7 Å². The van der Waals surface area contributed by atoms with Crippen LogP contribution in [0.1, 0.15) is 59.1 Å².